The van der Waals surface area contributed by atoms with Crippen LogP contribution in [0.3, 0.4) is 0 Å². The van der Waals surface area contributed by atoms with E-state index in [2.05, 4.69) is 29.1 Å². The second kappa shape index (κ2) is 5.99. The second-order valence-electron chi connectivity index (χ2n) is 5.53. The predicted octanol–water partition coefficient (Wildman–Crippen LogP) is 1.15. The summed E-state index contributed by atoms with van der Waals surface area (Å²) in [5.74, 6) is 0. The Kier molecular flexibility index (Phi) is 4.62. The van der Waals surface area contributed by atoms with Crippen molar-refractivity contribution in [1.82, 2.24) is 15.1 Å². The molecule has 2 heterocycles. The van der Waals surface area contributed by atoms with Crippen molar-refractivity contribution >= 4 is 0 Å². The van der Waals surface area contributed by atoms with E-state index >= 15 is 0 Å². The average Bonchev–Trinajstić information content (AvgIpc) is 2.70. The van der Waals surface area contributed by atoms with Crippen LogP contribution in [0.25, 0.3) is 0 Å². The van der Waals surface area contributed by atoms with Gasteiger partial charge >= 0.3 is 0 Å². The highest BCUT2D eigenvalue weighted by Crippen LogP contribution is 2.14. The smallest absolute Gasteiger partial charge is 0.0209 e. The Labute approximate surface area is 100 Å². The quantitative estimate of drug-likeness (QED) is 0.774. The molecular formula is C13H27N3. The molecule has 3 nitrogen and oxygen atoms in total. The van der Waals surface area contributed by atoms with Crippen molar-refractivity contribution in [3.8, 4) is 0 Å². The highest BCUT2D eigenvalue weighted by atomic mass is 15.2. The molecule has 2 fully saturated rings. The van der Waals surface area contributed by atoms with Gasteiger partial charge in [0.2, 0.25) is 0 Å². The van der Waals surface area contributed by atoms with Gasteiger partial charge in [0.05, 0.1) is 0 Å². The van der Waals surface area contributed by atoms with Gasteiger partial charge in [-0.15, -0.1) is 0 Å². The summed E-state index contributed by atoms with van der Waals surface area (Å²) < 4.78 is 0. The van der Waals surface area contributed by atoms with E-state index in [0.717, 1.165) is 12.1 Å². The van der Waals surface area contributed by atoms with Crippen molar-refractivity contribution in [3.05, 3.63) is 0 Å². The van der Waals surface area contributed by atoms with Crippen LogP contribution in [0.15, 0.2) is 0 Å². The minimum absolute atomic E-state index is 0.764. The zero-order chi connectivity index (χ0) is 11.4. The molecule has 2 rings (SSSR count). The van der Waals surface area contributed by atoms with Crippen molar-refractivity contribution in [2.75, 3.05) is 39.8 Å². The summed E-state index contributed by atoms with van der Waals surface area (Å²) >= 11 is 0. The molecule has 0 aromatic carbocycles. The molecule has 0 saturated carbocycles. The van der Waals surface area contributed by atoms with Crippen LogP contribution >= 0.6 is 0 Å². The minimum Gasteiger partial charge on any atom is -0.310 e. The summed E-state index contributed by atoms with van der Waals surface area (Å²) in [5, 5.41) is 3.86. The molecule has 2 aliphatic rings. The summed E-state index contributed by atoms with van der Waals surface area (Å²) in [7, 11) is 2.23. The minimum atomic E-state index is 0.764. The molecule has 1 atom stereocenters. The number of hydrogen-bond acceptors (Lipinski definition) is 3. The largest absolute Gasteiger partial charge is 0.310 e. The lowest BCUT2D eigenvalue weighted by Gasteiger charge is -2.31. The van der Waals surface area contributed by atoms with Crippen molar-refractivity contribution in [2.24, 2.45) is 0 Å². The molecule has 16 heavy (non-hydrogen) atoms. The third-order valence-corrected chi connectivity index (χ3v) is 4.00. The van der Waals surface area contributed by atoms with Crippen LogP contribution in [0.4, 0.5) is 0 Å². The van der Waals surface area contributed by atoms with Gasteiger partial charge in [0.15, 0.2) is 0 Å². The topological polar surface area (TPSA) is 18.5 Å². The molecule has 0 aliphatic carbocycles. The standard InChI is InChI=1S/C13H27N3/c1-3-7-16-10-6-13(11-16)14-12-4-8-15(2)9-5-12/h12-14H,3-11H2,1-2H3. The zero-order valence-electron chi connectivity index (χ0n) is 10.9. The van der Waals surface area contributed by atoms with Crippen molar-refractivity contribution in [3.63, 3.8) is 0 Å². The van der Waals surface area contributed by atoms with E-state index in [0.29, 0.717) is 0 Å². The van der Waals surface area contributed by atoms with Gasteiger partial charge in [-0.05, 0) is 58.9 Å². The van der Waals surface area contributed by atoms with Gasteiger partial charge in [-0.25, -0.2) is 0 Å². The van der Waals surface area contributed by atoms with Crippen LogP contribution < -0.4 is 5.32 Å². The van der Waals surface area contributed by atoms with Crippen LogP contribution in [0.2, 0.25) is 0 Å². The van der Waals surface area contributed by atoms with Crippen molar-refractivity contribution in [1.29, 1.82) is 0 Å². The number of likely N-dealkylation sites (tertiary alicyclic amines) is 2. The number of rotatable bonds is 4. The molecule has 2 saturated heterocycles. The zero-order valence-corrected chi connectivity index (χ0v) is 10.9. The maximum atomic E-state index is 3.86. The van der Waals surface area contributed by atoms with Gasteiger partial charge in [0.25, 0.3) is 0 Å². The first-order valence-corrected chi connectivity index (χ1v) is 6.95. The Bertz CT molecular complexity index is 199. The fourth-order valence-electron chi connectivity index (χ4n) is 3.00. The summed E-state index contributed by atoms with van der Waals surface area (Å²) in [6.45, 7) is 8.67. The van der Waals surface area contributed by atoms with E-state index in [1.54, 1.807) is 0 Å². The van der Waals surface area contributed by atoms with E-state index < -0.39 is 0 Å². The number of nitrogens with one attached hydrogen (secondary N) is 1. The molecular weight excluding hydrogens is 198 g/mol. The molecule has 0 radical (unpaired) electrons. The monoisotopic (exact) mass is 225 g/mol. The van der Waals surface area contributed by atoms with Crippen molar-refractivity contribution in [2.45, 2.75) is 44.7 Å². The first-order chi connectivity index (χ1) is 7.78. The number of piperidine rings is 1. The second-order valence-corrected chi connectivity index (χ2v) is 5.53. The Hall–Kier alpha value is -0.120. The van der Waals surface area contributed by atoms with E-state index in [1.807, 2.05) is 0 Å². The molecule has 0 aromatic heterocycles. The van der Waals surface area contributed by atoms with Gasteiger partial charge < -0.3 is 15.1 Å². The third kappa shape index (κ3) is 3.44. The fourth-order valence-corrected chi connectivity index (χ4v) is 3.00. The van der Waals surface area contributed by atoms with Gasteiger partial charge in [0.1, 0.15) is 0 Å². The van der Waals surface area contributed by atoms with Crippen LogP contribution in [-0.4, -0.2) is 61.7 Å². The SMILES string of the molecule is CCCN1CCC(NC2CCN(C)CC2)C1. The molecule has 1 N–H and O–H groups in total. The van der Waals surface area contributed by atoms with Crippen LogP contribution in [0.1, 0.15) is 32.6 Å². The van der Waals surface area contributed by atoms with Gasteiger partial charge in [-0.1, -0.05) is 6.92 Å². The lowest BCUT2D eigenvalue weighted by Crippen LogP contribution is -2.46. The van der Waals surface area contributed by atoms with Crippen LogP contribution in [0, 0.1) is 0 Å². The molecule has 3 heteroatoms. The van der Waals surface area contributed by atoms with Crippen LogP contribution in [-0.2, 0) is 0 Å². The summed E-state index contributed by atoms with van der Waals surface area (Å²) in [6.07, 6.45) is 5.31. The fraction of sp³-hybridized carbons (Fsp3) is 1.00. The molecule has 2 aliphatic heterocycles. The molecule has 1 unspecified atom stereocenters. The number of hydrogen-bond donors (Lipinski definition) is 1. The van der Waals surface area contributed by atoms with Gasteiger partial charge in [-0.3, -0.25) is 0 Å². The normalized spacial score (nSPS) is 30.0. The van der Waals surface area contributed by atoms with Crippen molar-refractivity contribution < 1.29 is 0 Å². The third-order valence-electron chi connectivity index (χ3n) is 4.00. The molecule has 94 valence electrons. The van der Waals surface area contributed by atoms with Gasteiger partial charge in [0, 0.05) is 18.6 Å². The lowest BCUT2D eigenvalue weighted by atomic mass is 10.0. The first-order valence-electron chi connectivity index (χ1n) is 6.95. The van der Waals surface area contributed by atoms with E-state index in [1.165, 1.54) is 58.4 Å². The Morgan fingerprint density at radius 2 is 1.75 bits per heavy atom. The summed E-state index contributed by atoms with van der Waals surface area (Å²) in [6, 6.07) is 1.54. The first kappa shape index (κ1) is 12.3. The summed E-state index contributed by atoms with van der Waals surface area (Å²) in [5.41, 5.74) is 0. The average molecular weight is 225 g/mol. The molecule has 0 aromatic rings. The Morgan fingerprint density at radius 3 is 2.44 bits per heavy atom. The molecule has 0 spiro atoms. The maximum absolute atomic E-state index is 3.86. The summed E-state index contributed by atoms with van der Waals surface area (Å²) in [4.78, 5) is 5.04. The molecule has 0 amide bonds. The van der Waals surface area contributed by atoms with E-state index in [-0.39, 0.29) is 0 Å². The highest BCUT2D eigenvalue weighted by molar-refractivity contribution is 4.85. The highest BCUT2D eigenvalue weighted by Gasteiger charge is 2.25. The van der Waals surface area contributed by atoms with E-state index in [9.17, 15) is 0 Å². The Morgan fingerprint density at radius 1 is 1.06 bits per heavy atom. The Balaban J connectivity index is 1.67. The predicted molar refractivity (Wildman–Crippen MR) is 68.8 cm³/mol. The molecule has 0 bridgehead atoms. The van der Waals surface area contributed by atoms with E-state index in [4.69, 9.17) is 0 Å². The maximum Gasteiger partial charge on any atom is 0.0209 e. The van der Waals surface area contributed by atoms with Gasteiger partial charge in [-0.2, -0.15) is 0 Å². The van der Waals surface area contributed by atoms with Crippen LogP contribution in [0.5, 0.6) is 0 Å². The lowest BCUT2D eigenvalue weighted by molar-refractivity contribution is 0.222. The number of nitrogens with zero attached hydrogens (tertiary/aromatic N) is 2.